The fourth-order valence-corrected chi connectivity index (χ4v) is 5.12. The molecule has 1 aliphatic heterocycles. The van der Waals surface area contributed by atoms with Crippen molar-refractivity contribution < 1.29 is 9.18 Å². The molecule has 4 rings (SSSR count). The van der Waals surface area contributed by atoms with Gasteiger partial charge >= 0.3 is 0 Å². The van der Waals surface area contributed by atoms with Crippen molar-refractivity contribution in [2.24, 2.45) is 5.92 Å². The van der Waals surface area contributed by atoms with Gasteiger partial charge in [-0.3, -0.25) is 4.79 Å². The Morgan fingerprint density at radius 2 is 1.85 bits per heavy atom. The molecule has 1 saturated heterocycles. The van der Waals surface area contributed by atoms with Crippen molar-refractivity contribution in [2.45, 2.75) is 19.8 Å². The van der Waals surface area contributed by atoms with Crippen LogP contribution in [0.4, 0.5) is 4.39 Å². The highest BCUT2D eigenvalue weighted by Gasteiger charge is 2.26. The van der Waals surface area contributed by atoms with Crippen molar-refractivity contribution in [3.05, 3.63) is 63.1 Å². The number of carbonyl (C=O) groups is 1. The van der Waals surface area contributed by atoms with Gasteiger partial charge in [-0.2, -0.15) is 0 Å². The molecule has 142 valence electrons. The molecule has 0 bridgehead atoms. The second-order valence-electron chi connectivity index (χ2n) is 7.71. The van der Waals surface area contributed by atoms with Crippen molar-refractivity contribution in [3.63, 3.8) is 0 Å². The first kappa shape index (κ1) is 18.4. The molecular weight excluding hydrogens is 359 g/mol. The number of piperazine rings is 1. The number of fused-ring (bicyclic) bond motifs is 1. The summed E-state index contributed by atoms with van der Waals surface area (Å²) in [4.78, 5) is 19.3. The third-order valence-electron chi connectivity index (χ3n) is 5.51. The number of hydrogen-bond donors (Lipinski definition) is 0. The summed E-state index contributed by atoms with van der Waals surface area (Å²) in [6, 6.07) is 8.74. The summed E-state index contributed by atoms with van der Waals surface area (Å²) < 4.78 is 13.4. The van der Waals surface area contributed by atoms with Gasteiger partial charge < -0.3 is 9.80 Å². The summed E-state index contributed by atoms with van der Waals surface area (Å²) in [6.07, 6.45) is 4.23. The van der Waals surface area contributed by atoms with Gasteiger partial charge in [0.05, 0.1) is 4.88 Å². The molecule has 1 unspecified atom stereocenters. The van der Waals surface area contributed by atoms with Crippen molar-refractivity contribution in [1.29, 1.82) is 0 Å². The van der Waals surface area contributed by atoms with Crippen molar-refractivity contribution in [2.75, 3.05) is 33.2 Å². The summed E-state index contributed by atoms with van der Waals surface area (Å²) >= 11 is 1.64. The van der Waals surface area contributed by atoms with Gasteiger partial charge in [0.2, 0.25) is 0 Å². The molecule has 1 amide bonds. The first-order valence-electron chi connectivity index (χ1n) is 9.58. The monoisotopic (exact) mass is 384 g/mol. The molecule has 5 heteroatoms. The fraction of sp³-hybridized carbons (Fsp3) is 0.409. The van der Waals surface area contributed by atoms with Crippen LogP contribution in [0, 0.1) is 11.7 Å². The molecule has 1 aliphatic carbocycles. The molecule has 1 aromatic carbocycles. The Kier molecular flexibility index (Phi) is 5.15. The van der Waals surface area contributed by atoms with Gasteiger partial charge in [-0.1, -0.05) is 25.1 Å². The van der Waals surface area contributed by atoms with Crippen LogP contribution >= 0.6 is 11.3 Å². The van der Waals surface area contributed by atoms with E-state index in [4.69, 9.17) is 0 Å². The lowest BCUT2D eigenvalue weighted by Crippen LogP contribution is -2.46. The molecule has 1 aromatic heterocycles. The van der Waals surface area contributed by atoms with E-state index in [1.807, 2.05) is 17.0 Å². The number of thiophene rings is 1. The summed E-state index contributed by atoms with van der Waals surface area (Å²) in [5.74, 6) is 0.456. The Hall–Kier alpha value is -1.98. The number of likely N-dealkylation sites (N-methyl/N-ethyl adjacent to an activating group) is 1. The van der Waals surface area contributed by atoms with Gasteiger partial charge in [0.25, 0.3) is 5.91 Å². The largest absolute Gasteiger partial charge is 0.335 e. The molecule has 3 nitrogen and oxygen atoms in total. The minimum Gasteiger partial charge on any atom is -0.335 e. The predicted molar refractivity (Wildman–Crippen MR) is 109 cm³/mol. The first-order chi connectivity index (χ1) is 13.0. The average molecular weight is 385 g/mol. The van der Waals surface area contributed by atoms with Crippen LogP contribution in [0.3, 0.4) is 0 Å². The molecule has 1 fully saturated rings. The van der Waals surface area contributed by atoms with Crippen LogP contribution in [0.25, 0.3) is 5.57 Å². The Morgan fingerprint density at radius 3 is 2.56 bits per heavy atom. The van der Waals surface area contributed by atoms with E-state index in [9.17, 15) is 9.18 Å². The molecule has 0 saturated carbocycles. The smallest absolute Gasteiger partial charge is 0.264 e. The zero-order valence-electron chi connectivity index (χ0n) is 15.9. The first-order valence-corrected chi connectivity index (χ1v) is 10.4. The Labute approximate surface area is 164 Å². The lowest BCUT2D eigenvalue weighted by molar-refractivity contribution is 0.0669. The normalized spacial score (nSPS) is 20.8. The van der Waals surface area contributed by atoms with E-state index in [2.05, 4.69) is 31.0 Å². The predicted octanol–water partition coefficient (Wildman–Crippen LogP) is 4.29. The highest BCUT2D eigenvalue weighted by atomic mass is 32.1. The number of benzene rings is 1. The van der Waals surface area contributed by atoms with Crippen molar-refractivity contribution in [3.8, 4) is 0 Å². The maximum absolute atomic E-state index is 13.4. The molecule has 0 spiro atoms. The van der Waals surface area contributed by atoms with Gasteiger partial charge in [0, 0.05) is 31.1 Å². The summed E-state index contributed by atoms with van der Waals surface area (Å²) in [5.41, 5.74) is 3.29. The second kappa shape index (κ2) is 7.56. The van der Waals surface area contributed by atoms with E-state index in [1.54, 1.807) is 11.3 Å². The molecule has 2 heterocycles. The maximum atomic E-state index is 13.4. The summed E-state index contributed by atoms with van der Waals surface area (Å²) in [5, 5.41) is 0. The van der Waals surface area contributed by atoms with E-state index < -0.39 is 0 Å². The van der Waals surface area contributed by atoms with E-state index in [0.29, 0.717) is 5.92 Å². The van der Waals surface area contributed by atoms with Gasteiger partial charge in [0.15, 0.2) is 0 Å². The minimum atomic E-state index is -0.224. The van der Waals surface area contributed by atoms with Crippen LogP contribution in [-0.4, -0.2) is 48.9 Å². The summed E-state index contributed by atoms with van der Waals surface area (Å²) in [7, 11) is 2.09. The third kappa shape index (κ3) is 3.85. The SMILES string of the molecule is CC1CC=C(c2ccc(F)cc2)c2cc(C(=O)N3CCN(C)CC3)sc2C1. The lowest BCUT2D eigenvalue weighted by Gasteiger charge is -2.32. The second-order valence-corrected chi connectivity index (χ2v) is 8.85. The number of carbonyl (C=O) groups excluding carboxylic acids is 1. The highest BCUT2D eigenvalue weighted by Crippen LogP contribution is 2.38. The van der Waals surface area contributed by atoms with E-state index in [0.717, 1.165) is 60.6 Å². The van der Waals surface area contributed by atoms with Gasteiger partial charge in [-0.15, -0.1) is 11.3 Å². The molecule has 0 radical (unpaired) electrons. The molecule has 2 aromatic rings. The van der Waals surface area contributed by atoms with Crippen LogP contribution in [0.2, 0.25) is 0 Å². The van der Waals surface area contributed by atoms with Crippen molar-refractivity contribution >= 4 is 22.8 Å². The Morgan fingerprint density at radius 1 is 1.15 bits per heavy atom. The number of halogens is 1. The van der Waals surface area contributed by atoms with E-state index in [-0.39, 0.29) is 11.7 Å². The maximum Gasteiger partial charge on any atom is 0.264 e. The van der Waals surface area contributed by atoms with Gasteiger partial charge in [-0.05, 0) is 60.7 Å². The Balaban J connectivity index is 1.67. The number of rotatable bonds is 2. The fourth-order valence-electron chi connectivity index (χ4n) is 3.81. The van der Waals surface area contributed by atoms with E-state index >= 15 is 0 Å². The molecule has 1 atom stereocenters. The standard InChI is InChI=1S/C22H25FN2OS/c1-15-3-8-18(16-4-6-17(23)7-5-16)19-14-21(27-20(19)13-15)22(26)25-11-9-24(2)10-12-25/h4-8,14-15H,3,9-13H2,1-2H3. The average Bonchev–Trinajstić information content (AvgIpc) is 3.00. The third-order valence-corrected chi connectivity index (χ3v) is 6.66. The minimum absolute atomic E-state index is 0.146. The Bertz CT molecular complexity index is 863. The van der Waals surface area contributed by atoms with Crippen LogP contribution in [0.1, 0.15) is 39.0 Å². The lowest BCUT2D eigenvalue weighted by atomic mass is 9.98. The number of amides is 1. The van der Waals surface area contributed by atoms with Crippen LogP contribution in [0.5, 0.6) is 0 Å². The van der Waals surface area contributed by atoms with Crippen molar-refractivity contribution in [1.82, 2.24) is 9.80 Å². The summed E-state index contributed by atoms with van der Waals surface area (Å²) in [6.45, 7) is 5.67. The molecule has 0 N–H and O–H groups in total. The highest BCUT2D eigenvalue weighted by molar-refractivity contribution is 7.14. The molecular formula is C22H25FN2OS. The zero-order chi connectivity index (χ0) is 19.0. The molecule has 2 aliphatic rings. The van der Waals surface area contributed by atoms with Gasteiger partial charge in [0.1, 0.15) is 5.82 Å². The zero-order valence-corrected chi connectivity index (χ0v) is 16.7. The van der Waals surface area contributed by atoms with Crippen LogP contribution < -0.4 is 0 Å². The van der Waals surface area contributed by atoms with Crippen LogP contribution in [-0.2, 0) is 6.42 Å². The number of hydrogen-bond acceptors (Lipinski definition) is 3. The number of nitrogens with zero attached hydrogens (tertiary/aromatic N) is 2. The quantitative estimate of drug-likeness (QED) is 0.771. The van der Waals surface area contributed by atoms with Crippen LogP contribution in [0.15, 0.2) is 36.4 Å². The number of allylic oxidation sites excluding steroid dienone is 1. The topological polar surface area (TPSA) is 23.6 Å². The van der Waals surface area contributed by atoms with Gasteiger partial charge in [-0.25, -0.2) is 4.39 Å². The van der Waals surface area contributed by atoms with E-state index in [1.165, 1.54) is 17.0 Å². The molecule has 27 heavy (non-hydrogen) atoms.